The summed E-state index contributed by atoms with van der Waals surface area (Å²) >= 11 is 0. The number of carbonyl (C=O) groups excluding carboxylic acids is 2. The molecule has 0 unspecified atom stereocenters. The summed E-state index contributed by atoms with van der Waals surface area (Å²) in [5.74, 6) is -0.514. The van der Waals surface area contributed by atoms with Gasteiger partial charge in [-0.1, -0.05) is 24.3 Å². The highest BCUT2D eigenvalue weighted by atomic mass is 19.1. The van der Waals surface area contributed by atoms with Crippen molar-refractivity contribution in [1.82, 2.24) is 5.32 Å². The summed E-state index contributed by atoms with van der Waals surface area (Å²) in [6, 6.07) is 13.2. The molecule has 6 heteroatoms. The highest BCUT2D eigenvalue weighted by Gasteiger charge is 2.12. The van der Waals surface area contributed by atoms with Gasteiger partial charge in [0.1, 0.15) is 18.0 Å². The Morgan fingerprint density at radius 3 is 2.42 bits per heavy atom. The third-order valence-electron chi connectivity index (χ3n) is 3.49. The second kappa shape index (κ2) is 9.56. The van der Waals surface area contributed by atoms with Crippen LogP contribution in [-0.2, 0) is 16.0 Å². The monoisotopic (exact) mass is 358 g/mol. The molecule has 0 heterocycles. The Labute approximate surface area is 152 Å². The minimum atomic E-state index is -0.413. The fraction of sp³-hybridized carbons (Fsp3) is 0.300. The van der Waals surface area contributed by atoms with Crippen molar-refractivity contribution in [1.29, 1.82) is 0 Å². The maximum Gasteiger partial charge on any atom is 0.233 e. The molecule has 2 aromatic rings. The van der Waals surface area contributed by atoms with Gasteiger partial charge in [-0.05, 0) is 50.1 Å². The lowest BCUT2D eigenvalue weighted by molar-refractivity contribution is -0.126. The average Bonchev–Trinajstić information content (AvgIpc) is 2.58. The average molecular weight is 358 g/mol. The maximum atomic E-state index is 12.8. The number of ether oxygens (including phenoxy) is 1. The lowest BCUT2D eigenvalue weighted by Crippen LogP contribution is -2.29. The summed E-state index contributed by atoms with van der Waals surface area (Å²) in [5.41, 5.74) is 1.45. The molecule has 0 atom stereocenters. The van der Waals surface area contributed by atoms with E-state index in [4.69, 9.17) is 4.74 Å². The fourth-order valence-electron chi connectivity index (χ4n) is 2.33. The van der Waals surface area contributed by atoms with E-state index in [0.717, 1.165) is 5.56 Å². The number of amides is 2. The molecule has 0 fully saturated rings. The minimum absolute atomic E-state index is 0.0252. The van der Waals surface area contributed by atoms with Crippen LogP contribution in [0.3, 0.4) is 0 Å². The summed E-state index contributed by atoms with van der Waals surface area (Å²) in [4.78, 5) is 23.9. The van der Waals surface area contributed by atoms with E-state index in [1.165, 1.54) is 12.1 Å². The predicted octanol–water partition coefficient (Wildman–Crippen LogP) is 3.30. The molecule has 2 rings (SSSR count). The van der Waals surface area contributed by atoms with Crippen molar-refractivity contribution in [2.45, 2.75) is 32.8 Å². The van der Waals surface area contributed by atoms with Gasteiger partial charge in [0.15, 0.2) is 0 Å². The summed E-state index contributed by atoms with van der Waals surface area (Å²) in [7, 11) is 0. The second-order valence-corrected chi connectivity index (χ2v) is 6.11. The maximum absolute atomic E-state index is 12.8. The molecule has 2 amide bonds. The number of carbonyl (C=O) groups is 2. The standard InChI is InChI=1S/C20H23FN2O3/c1-14(2)26-18-6-4-3-5-17(18)23-20(25)13-19(24)22-12-11-15-7-9-16(21)10-8-15/h3-10,14H,11-13H2,1-2H3,(H,22,24)(H,23,25). The normalized spacial score (nSPS) is 10.5. The van der Waals surface area contributed by atoms with Gasteiger partial charge in [-0.25, -0.2) is 4.39 Å². The first-order valence-corrected chi connectivity index (χ1v) is 8.50. The van der Waals surface area contributed by atoms with Gasteiger partial charge in [0.2, 0.25) is 11.8 Å². The number of rotatable bonds is 8. The van der Waals surface area contributed by atoms with Gasteiger partial charge in [-0.3, -0.25) is 9.59 Å². The van der Waals surface area contributed by atoms with E-state index in [0.29, 0.717) is 24.4 Å². The van der Waals surface area contributed by atoms with Crippen LogP contribution in [-0.4, -0.2) is 24.5 Å². The molecule has 2 N–H and O–H groups in total. The zero-order valence-electron chi connectivity index (χ0n) is 14.9. The first-order valence-electron chi connectivity index (χ1n) is 8.50. The first kappa shape index (κ1) is 19.4. The number of hydrogen-bond acceptors (Lipinski definition) is 3. The summed E-state index contributed by atoms with van der Waals surface area (Å²) in [6.45, 7) is 4.17. The van der Waals surface area contributed by atoms with Crippen LogP contribution in [0, 0.1) is 5.82 Å². The van der Waals surface area contributed by atoms with Gasteiger partial charge in [-0.15, -0.1) is 0 Å². The number of benzene rings is 2. The zero-order valence-corrected chi connectivity index (χ0v) is 14.9. The van der Waals surface area contributed by atoms with Crippen molar-refractivity contribution < 1.29 is 18.7 Å². The SMILES string of the molecule is CC(C)Oc1ccccc1NC(=O)CC(=O)NCCc1ccc(F)cc1. The number of halogens is 1. The molecule has 0 bridgehead atoms. The molecule has 0 saturated heterocycles. The molecular weight excluding hydrogens is 335 g/mol. The van der Waals surface area contributed by atoms with E-state index in [-0.39, 0.29) is 24.2 Å². The largest absolute Gasteiger partial charge is 0.489 e. The van der Waals surface area contributed by atoms with Crippen LogP contribution < -0.4 is 15.4 Å². The van der Waals surface area contributed by atoms with E-state index in [9.17, 15) is 14.0 Å². The summed E-state index contributed by atoms with van der Waals surface area (Å²) in [6.07, 6.45) is 0.265. The van der Waals surface area contributed by atoms with Crippen molar-refractivity contribution in [3.05, 3.63) is 59.9 Å². The van der Waals surface area contributed by atoms with Crippen LogP contribution >= 0.6 is 0 Å². The quantitative estimate of drug-likeness (QED) is 0.712. The smallest absolute Gasteiger partial charge is 0.233 e. The van der Waals surface area contributed by atoms with Crippen molar-refractivity contribution in [2.75, 3.05) is 11.9 Å². The van der Waals surface area contributed by atoms with Crippen molar-refractivity contribution in [3.8, 4) is 5.75 Å². The third kappa shape index (κ3) is 6.55. The van der Waals surface area contributed by atoms with Gasteiger partial charge in [0.05, 0.1) is 11.8 Å². The molecule has 0 aliphatic rings. The second-order valence-electron chi connectivity index (χ2n) is 6.11. The van der Waals surface area contributed by atoms with Crippen molar-refractivity contribution >= 4 is 17.5 Å². The lowest BCUT2D eigenvalue weighted by Gasteiger charge is -2.14. The van der Waals surface area contributed by atoms with E-state index in [1.807, 2.05) is 19.9 Å². The van der Waals surface area contributed by atoms with E-state index >= 15 is 0 Å². The molecule has 0 aliphatic heterocycles. The highest BCUT2D eigenvalue weighted by Crippen LogP contribution is 2.24. The molecule has 0 aromatic heterocycles. The molecule has 0 spiro atoms. The molecule has 138 valence electrons. The van der Waals surface area contributed by atoms with Crippen LogP contribution in [0.5, 0.6) is 5.75 Å². The number of nitrogens with one attached hydrogen (secondary N) is 2. The summed E-state index contributed by atoms with van der Waals surface area (Å²) in [5, 5.41) is 5.38. The van der Waals surface area contributed by atoms with Gasteiger partial charge in [0, 0.05) is 6.54 Å². The van der Waals surface area contributed by atoms with Gasteiger partial charge in [0.25, 0.3) is 0 Å². The number of para-hydroxylation sites is 2. The van der Waals surface area contributed by atoms with Crippen molar-refractivity contribution in [3.63, 3.8) is 0 Å². The minimum Gasteiger partial charge on any atom is -0.489 e. The van der Waals surface area contributed by atoms with Gasteiger partial charge < -0.3 is 15.4 Å². The summed E-state index contributed by atoms with van der Waals surface area (Å²) < 4.78 is 18.5. The Morgan fingerprint density at radius 2 is 1.73 bits per heavy atom. The zero-order chi connectivity index (χ0) is 18.9. The van der Waals surface area contributed by atoms with E-state index in [2.05, 4.69) is 10.6 Å². The van der Waals surface area contributed by atoms with Crippen LogP contribution in [0.1, 0.15) is 25.8 Å². The molecule has 0 aliphatic carbocycles. The Kier molecular flexibility index (Phi) is 7.14. The van der Waals surface area contributed by atoms with Crippen molar-refractivity contribution in [2.24, 2.45) is 0 Å². The van der Waals surface area contributed by atoms with Crippen LogP contribution in [0.2, 0.25) is 0 Å². The Morgan fingerprint density at radius 1 is 1.04 bits per heavy atom. The van der Waals surface area contributed by atoms with Gasteiger partial charge >= 0.3 is 0 Å². The molecule has 0 radical (unpaired) electrons. The Bertz CT molecular complexity index is 745. The highest BCUT2D eigenvalue weighted by molar-refractivity contribution is 6.04. The van der Waals surface area contributed by atoms with Gasteiger partial charge in [-0.2, -0.15) is 0 Å². The van der Waals surface area contributed by atoms with Crippen LogP contribution in [0.25, 0.3) is 0 Å². The molecule has 26 heavy (non-hydrogen) atoms. The van der Waals surface area contributed by atoms with Crippen LogP contribution in [0.15, 0.2) is 48.5 Å². The number of hydrogen-bond donors (Lipinski definition) is 2. The van der Waals surface area contributed by atoms with E-state index < -0.39 is 5.91 Å². The molecule has 0 saturated carbocycles. The molecule has 5 nitrogen and oxygen atoms in total. The van der Waals surface area contributed by atoms with E-state index in [1.54, 1.807) is 30.3 Å². The fourth-order valence-corrected chi connectivity index (χ4v) is 2.33. The Balaban J connectivity index is 1.78. The topological polar surface area (TPSA) is 67.4 Å². The first-order chi connectivity index (χ1) is 12.4. The predicted molar refractivity (Wildman–Crippen MR) is 98.6 cm³/mol. The lowest BCUT2D eigenvalue weighted by atomic mass is 10.1. The van der Waals surface area contributed by atoms with Crippen LogP contribution in [0.4, 0.5) is 10.1 Å². The molecule has 2 aromatic carbocycles. The Hall–Kier alpha value is -2.89. The molecular formula is C20H23FN2O3. The third-order valence-corrected chi connectivity index (χ3v) is 3.49. The number of anilines is 1.